The zero-order valence-corrected chi connectivity index (χ0v) is 21.4. The minimum atomic E-state index is -0.535. The fourth-order valence-corrected chi connectivity index (χ4v) is 9.74. The predicted octanol–water partition coefficient (Wildman–Crippen LogP) is 7.29. The number of hydrogen-bond acceptors (Lipinski definition) is 1. The van der Waals surface area contributed by atoms with E-state index >= 15 is 0 Å². The molecule has 8 atom stereocenters. The van der Waals surface area contributed by atoms with Crippen molar-refractivity contribution in [3.8, 4) is 0 Å². The van der Waals surface area contributed by atoms with Crippen LogP contribution in [0.15, 0.2) is 37.5 Å². The van der Waals surface area contributed by atoms with Gasteiger partial charge in [-0.2, -0.15) is 0 Å². The van der Waals surface area contributed by atoms with Crippen LogP contribution < -0.4 is 0 Å². The van der Waals surface area contributed by atoms with Gasteiger partial charge in [-0.05, 0) is 104 Å². The molecular weight excluding hydrogens is 455 g/mol. The van der Waals surface area contributed by atoms with E-state index in [9.17, 15) is 5.11 Å². The molecule has 4 fully saturated rings. The molecule has 4 rings (SSSR count). The summed E-state index contributed by atoms with van der Waals surface area (Å²) in [5.41, 5.74) is 1.36. The monoisotopic (exact) mass is 498 g/mol. The molecule has 0 saturated heterocycles. The zero-order chi connectivity index (χ0) is 21.5. The van der Waals surface area contributed by atoms with Gasteiger partial charge in [0.25, 0.3) is 0 Å². The first-order valence-corrected chi connectivity index (χ1v) is 11.9. The van der Waals surface area contributed by atoms with Crippen molar-refractivity contribution in [1.82, 2.24) is 0 Å². The Morgan fingerprint density at radius 3 is 2.10 bits per heavy atom. The molecule has 0 aromatic carbocycles. The van der Waals surface area contributed by atoms with Gasteiger partial charge in [-0.15, -0.1) is 13.2 Å². The molecule has 0 aliphatic heterocycles. The number of hydrogen-bond donors (Lipinski definition) is 1. The molecule has 4 saturated carbocycles. The molecule has 0 amide bonds. The van der Waals surface area contributed by atoms with Crippen LogP contribution in [0, 0.1) is 45.8 Å². The molecule has 1 radical (unpaired) electrons. The van der Waals surface area contributed by atoms with Crippen LogP contribution in [0.3, 0.4) is 0 Å². The maximum Gasteiger partial charge on any atom is 0.0625 e. The molecule has 1 nitrogen and oxygen atoms in total. The number of allylic oxidation sites excluding steroid dienone is 3. The molecule has 4 aliphatic carbocycles. The van der Waals surface area contributed by atoms with Crippen LogP contribution in [0.1, 0.15) is 85.5 Å². The Kier molecular flexibility index (Phi) is 5.74. The van der Waals surface area contributed by atoms with Gasteiger partial charge in [0.05, 0.1) is 5.60 Å². The van der Waals surface area contributed by atoms with Crippen LogP contribution in [-0.4, -0.2) is 10.7 Å². The fourth-order valence-electron chi connectivity index (χ4n) is 9.74. The van der Waals surface area contributed by atoms with Crippen molar-refractivity contribution >= 4 is 0 Å². The predicted molar refractivity (Wildman–Crippen MR) is 123 cm³/mol. The second-order valence-corrected chi connectivity index (χ2v) is 12.3. The van der Waals surface area contributed by atoms with Gasteiger partial charge in [0.1, 0.15) is 0 Å². The summed E-state index contributed by atoms with van der Waals surface area (Å²) in [6.07, 6.45) is 14.8. The van der Waals surface area contributed by atoms with Crippen LogP contribution in [0.25, 0.3) is 0 Å². The van der Waals surface area contributed by atoms with Crippen molar-refractivity contribution in [3.05, 3.63) is 44.4 Å². The van der Waals surface area contributed by atoms with Crippen LogP contribution in [-0.2, 0) is 19.5 Å². The maximum absolute atomic E-state index is 11.0. The first-order valence-electron chi connectivity index (χ1n) is 11.9. The number of rotatable bonds is 3. The van der Waals surface area contributed by atoms with E-state index in [4.69, 9.17) is 0 Å². The Morgan fingerprint density at radius 2 is 1.53 bits per heavy atom. The number of fused-ring (bicyclic) bond motifs is 5. The Balaban J connectivity index is 0.00000256. The third kappa shape index (κ3) is 2.62. The summed E-state index contributed by atoms with van der Waals surface area (Å²) in [6, 6.07) is 0. The Labute approximate surface area is 198 Å². The first kappa shape index (κ1) is 24.3. The molecule has 30 heavy (non-hydrogen) atoms. The Bertz CT molecular complexity index is 754. The van der Waals surface area contributed by atoms with E-state index in [1.807, 2.05) is 0 Å². The Hall–Kier alpha value is -0.327. The van der Waals surface area contributed by atoms with Crippen LogP contribution in [0.5, 0.6) is 0 Å². The van der Waals surface area contributed by atoms with E-state index in [2.05, 4.69) is 66.5 Å². The van der Waals surface area contributed by atoms with Gasteiger partial charge in [-0.3, -0.25) is 0 Å². The summed E-state index contributed by atoms with van der Waals surface area (Å²) in [5.74, 6) is 1.07. The minimum Gasteiger partial charge on any atom is -0.390 e. The van der Waals surface area contributed by atoms with Crippen molar-refractivity contribution in [1.29, 1.82) is 0 Å². The smallest absolute Gasteiger partial charge is 0.0625 e. The van der Waals surface area contributed by atoms with Crippen LogP contribution >= 0.6 is 0 Å². The fraction of sp³-hybridized carbons (Fsp3) is 0.750. The maximum atomic E-state index is 11.0. The minimum absolute atomic E-state index is 0. The second kappa shape index (κ2) is 7.08. The third-order valence-electron chi connectivity index (χ3n) is 11.5. The van der Waals surface area contributed by atoms with E-state index in [-0.39, 0.29) is 46.6 Å². The van der Waals surface area contributed by atoms with Gasteiger partial charge >= 0.3 is 0 Å². The van der Waals surface area contributed by atoms with Gasteiger partial charge in [0, 0.05) is 19.5 Å². The topological polar surface area (TPSA) is 20.2 Å². The summed E-state index contributed by atoms with van der Waals surface area (Å²) in [4.78, 5) is 0. The van der Waals surface area contributed by atoms with Crippen LogP contribution in [0.2, 0.25) is 0 Å². The first-order chi connectivity index (χ1) is 13.4. The number of aliphatic hydroxyl groups is 1. The van der Waals surface area contributed by atoms with Crippen LogP contribution in [0.4, 0.5) is 0 Å². The van der Waals surface area contributed by atoms with Gasteiger partial charge in [0.2, 0.25) is 0 Å². The summed E-state index contributed by atoms with van der Waals surface area (Å²) in [7, 11) is 0. The van der Waals surface area contributed by atoms with Gasteiger partial charge in [-0.25, -0.2) is 19.1 Å². The molecule has 171 valence electrons. The second-order valence-electron chi connectivity index (χ2n) is 12.3. The summed E-state index contributed by atoms with van der Waals surface area (Å²) in [6.45, 7) is 27.1. The van der Waals surface area contributed by atoms with E-state index in [0.29, 0.717) is 11.8 Å². The SMILES string of the molecule is C=C[C@]12CC[C@]3(C)[C@@H](C(=C)[CH2-])CC[C@@]3(C=C)[C@@H]1CC[C@]1(C)C[C@](C)(O)CC[C@@]12C.[Rh]. The Morgan fingerprint density at radius 1 is 0.900 bits per heavy atom. The van der Waals surface area contributed by atoms with Crippen molar-refractivity contribution in [2.75, 3.05) is 0 Å². The summed E-state index contributed by atoms with van der Waals surface area (Å²) >= 11 is 0. The summed E-state index contributed by atoms with van der Waals surface area (Å²) in [5, 5.41) is 11.0. The van der Waals surface area contributed by atoms with Gasteiger partial charge in [0.15, 0.2) is 0 Å². The van der Waals surface area contributed by atoms with E-state index in [1.54, 1.807) is 0 Å². The molecule has 0 bridgehead atoms. The van der Waals surface area contributed by atoms with Crippen molar-refractivity contribution in [2.24, 2.45) is 38.9 Å². The molecule has 1 N–H and O–H groups in total. The molecular formula is C28H43ORh-. The molecule has 2 heteroatoms. The van der Waals surface area contributed by atoms with Crippen molar-refractivity contribution in [2.45, 2.75) is 91.1 Å². The molecule has 0 unspecified atom stereocenters. The molecule has 4 aliphatic rings. The normalized spacial score (nSPS) is 54.7. The van der Waals surface area contributed by atoms with E-state index in [1.165, 1.54) is 38.5 Å². The van der Waals surface area contributed by atoms with Crippen molar-refractivity contribution in [3.63, 3.8) is 0 Å². The molecule has 0 aromatic rings. The van der Waals surface area contributed by atoms with E-state index < -0.39 is 5.60 Å². The zero-order valence-electron chi connectivity index (χ0n) is 19.8. The average Bonchev–Trinajstić information content (AvgIpc) is 2.95. The third-order valence-corrected chi connectivity index (χ3v) is 11.5. The average molecular weight is 499 g/mol. The van der Waals surface area contributed by atoms with E-state index in [0.717, 1.165) is 24.8 Å². The molecule has 0 aromatic heterocycles. The quantitative estimate of drug-likeness (QED) is 0.246. The van der Waals surface area contributed by atoms with Crippen molar-refractivity contribution < 1.29 is 24.6 Å². The molecule has 0 heterocycles. The standard InChI is InChI=1S/C28H43O.Rh/c1-9-27-14-11-21(20(3)4)25(27,7)16-18-28(10-2)22(27)12-13-23(5)19-24(6,29)15-17-26(23,28)8;/h9-10,21-22,29H,1-4,11-19H2,5-8H3;/q-1;/t21-,22+,23-,24-,25-,26+,27+,28+;/m1./s1. The van der Waals surface area contributed by atoms with Gasteiger partial charge in [-0.1, -0.05) is 32.9 Å². The summed E-state index contributed by atoms with van der Waals surface area (Å²) < 4.78 is 0. The molecule has 0 spiro atoms. The largest absolute Gasteiger partial charge is 0.390 e. The van der Waals surface area contributed by atoms with Gasteiger partial charge < -0.3 is 5.11 Å².